The van der Waals surface area contributed by atoms with Gasteiger partial charge in [-0.05, 0) is 62.8 Å². The molecule has 1 saturated heterocycles. The van der Waals surface area contributed by atoms with E-state index in [1.54, 1.807) is 6.07 Å². The first kappa shape index (κ1) is 23.0. The molecule has 3 aromatic heterocycles. The highest BCUT2D eigenvalue weighted by Crippen LogP contribution is 2.48. The number of hydrogen-bond donors (Lipinski definition) is 1. The van der Waals surface area contributed by atoms with Gasteiger partial charge in [0.05, 0.1) is 11.7 Å². The molecule has 0 atom stereocenters. The largest absolute Gasteiger partial charge is 0.326 e. The molecule has 1 N–H and O–H groups in total. The third-order valence-electron chi connectivity index (χ3n) is 7.46. The zero-order valence-electron chi connectivity index (χ0n) is 20.7. The minimum Gasteiger partial charge on any atom is -0.326 e. The Morgan fingerprint density at radius 1 is 1.06 bits per heavy atom. The molecule has 1 spiro atoms. The van der Waals surface area contributed by atoms with Crippen molar-refractivity contribution >= 4 is 22.8 Å². The van der Waals surface area contributed by atoms with Crippen molar-refractivity contribution in [3.63, 3.8) is 0 Å². The monoisotopic (exact) mass is 491 g/mol. The van der Waals surface area contributed by atoms with Gasteiger partial charge in [-0.25, -0.2) is 28.7 Å². The summed E-state index contributed by atoms with van der Waals surface area (Å²) in [6.45, 7) is 9.09. The van der Waals surface area contributed by atoms with Crippen molar-refractivity contribution in [3.05, 3.63) is 59.7 Å². The van der Waals surface area contributed by atoms with E-state index in [4.69, 9.17) is 0 Å². The summed E-state index contributed by atoms with van der Waals surface area (Å²) in [5.41, 5.74) is 2.97. The van der Waals surface area contributed by atoms with Crippen molar-refractivity contribution < 1.29 is 10.2 Å². The molecule has 9 heteroatoms. The van der Waals surface area contributed by atoms with Crippen LogP contribution in [0.25, 0.3) is 22.3 Å². The summed E-state index contributed by atoms with van der Waals surface area (Å²) < 4.78 is 31.6. The second kappa shape index (κ2) is 8.58. The Hall–Kier alpha value is -3.46. The third-order valence-corrected chi connectivity index (χ3v) is 7.46. The highest BCUT2D eigenvalue weighted by Gasteiger charge is 2.46. The highest BCUT2D eigenvalue weighted by atomic mass is 19.1. The summed E-state index contributed by atoms with van der Waals surface area (Å²) >= 11 is 0. The van der Waals surface area contributed by atoms with Gasteiger partial charge < -0.3 is 9.88 Å². The van der Waals surface area contributed by atoms with E-state index in [1.807, 2.05) is 43.7 Å². The number of nitrogens with zero attached hydrogens (tertiary/aromatic N) is 6. The number of likely N-dealkylation sites (tertiary alicyclic amines) is 1. The lowest BCUT2D eigenvalue weighted by Gasteiger charge is -2.56. The molecule has 7 nitrogen and oxygen atoms in total. The van der Waals surface area contributed by atoms with E-state index in [0.29, 0.717) is 28.1 Å². The van der Waals surface area contributed by atoms with Crippen LogP contribution in [0.1, 0.15) is 52.0 Å². The number of benzene rings is 1. The topological polar surface area (TPSA) is 71.8 Å². The first-order chi connectivity index (χ1) is 17.3. The van der Waals surface area contributed by atoms with Crippen LogP contribution in [0.5, 0.6) is 0 Å². The Morgan fingerprint density at radius 2 is 1.86 bits per heavy atom. The lowest BCUT2D eigenvalue weighted by atomic mass is 9.63. The molecule has 0 unspecified atom stereocenters. The number of pyridine rings is 1. The predicted octanol–water partition coefficient (Wildman–Crippen LogP) is 6.03. The molecule has 2 fully saturated rings. The molecule has 1 saturated carbocycles. The minimum absolute atomic E-state index is 0. The summed E-state index contributed by atoms with van der Waals surface area (Å²) in [7, 11) is 0. The summed E-state index contributed by atoms with van der Waals surface area (Å²) in [6, 6.07) is 6.97. The van der Waals surface area contributed by atoms with Crippen molar-refractivity contribution in [3.8, 4) is 11.3 Å². The van der Waals surface area contributed by atoms with Crippen LogP contribution in [0.4, 0.5) is 20.5 Å². The fourth-order valence-electron chi connectivity index (χ4n) is 5.66. The van der Waals surface area contributed by atoms with E-state index >= 15 is 0 Å². The van der Waals surface area contributed by atoms with Gasteiger partial charge in [0.25, 0.3) is 0 Å². The van der Waals surface area contributed by atoms with Crippen molar-refractivity contribution in [2.75, 3.05) is 18.4 Å². The summed E-state index contributed by atoms with van der Waals surface area (Å²) in [4.78, 5) is 19.7. The molecular weight excluding hydrogens is 460 g/mol. The zero-order chi connectivity index (χ0) is 25.0. The van der Waals surface area contributed by atoms with Crippen molar-refractivity contribution in [1.82, 2.24) is 29.4 Å². The van der Waals surface area contributed by atoms with E-state index in [1.165, 1.54) is 38.4 Å². The highest BCUT2D eigenvalue weighted by molar-refractivity contribution is 5.83. The Morgan fingerprint density at radius 3 is 2.53 bits per heavy atom. The number of fused-ring (bicyclic) bond motifs is 1. The van der Waals surface area contributed by atoms with E-state index in [0.717, 1.165) is 18.3 Å². The molecule has 2 aliphatic rings. The maximum Gasteiger partial charge on any atom is 0.229 e. The standard InChI is InChI=1S/C27H29F2N7.H2/c1-16(2)36-17(3)32-25-20(28)9-19(10-22(25)36)24-21(29)12-31-26(34-24)33-23-6-5-18(11-30-23)13-35-14-27(15-35)7-4-8-27;/h5-6,9-12,16H,4,7-8,13-15H2,1-3H3,(H,30,31,33,34);1H. The van der Waals surface area contributed by atoms with Crippen molar-refractivity contribution in [2.45, 2.75) is 52.6 Å². The van der Waals surface area contributed by atoms with Crippen molar-refractivity contribution in [1.29, 1.82) is 0 Å². The molecule has 1 aliphatic heterocycles. The Labute approximate surface area is 210 Å². The van der Waals surface area contributed by atoms with E-state index in [-0.39, 0.29) is 24.6 Å². The number of anilines is 2. The quantitative estimate of drug-likeness (QED) is 0.355. The summed E-state index contributed by atoms with van der Waals surface area (Å²) in [5.74, 6) is 0.308. The normalized spacial score (nSPS) is 16.9. The van der Waals surface area contributed by atoms with Gasteiger partial charge in [-0.2, -0.15) is 0 Å². The maximum absolute atomic E-state index is 14.9. The van der Waals surface area contributed by atoms with E-state index in [9.17, 15) is 8.78 Å². The number of aryl methyl sites for hydroxylation is 1. The number of nitrogens with one attached hydrogen (secondary N) is 1. The molecule has 1 aromatic carbocycles. The van der Waals surface area contributed by atoms with Gasteiger partial charge in [0, 0.05) is 38.9 Å². The van der Waals surface area contributed by atoms with Crippen LogP contribution in [0.15, 0.2) is 36.7 Å². The number of halogens is 2. The fraction of sp³-hybridized carbons (Fsp3) is 0.407. The summed E-state index contributed by atoms with van der Waals surface area (Å²) in [6.07, 6.45) is 7.04. The van der Waals surface area contributed by atoms with E-state index < -0.39 is 11.6 Å². The van der Waals surface area contributed by atoms with Crippen LogP contribution >= 0.6 is 0 Å². The van der Waals surface area contributed by atoms with E-state index in [2.05, 4.69) is 30.2 Å². The van der Waals surface area contributed by atoms with Gasteiger partial charge in [0.2, 0.25) is 5.95 Å². The van der Waals surface area contributed by atoms with Crippen molar-refractivity contribution in [2.24, 2.45) is 5.41 Å². The second-order valence-corrected chi connectivity index (χ2v) is 10.5. The second-order valence-electron chi connectivity index (χ2n) is 10.5. The van der Waals surface area contributed by atoms with Crippen LogP contribution < -0.4 is 5.32 Å². The lowest BCUT2D eigenvalue weighted by Crippen LogP contribution is -2.58. The van der Waals surface area contributed by atoms with Gasteiger partial charge in [-0.15, -0.1) is 0 Å². The van der Waals surface area contributed by atoms with Gasteiger partial charge in [0.1, 0.15) is 22.9 Å². The molecule has 36 heavy (non-hydrogen) atoms. The Kier molecular flexibility index (Phi) is 5.48. The van der Waals surface area contributed by atoms with Gasteiger partial charge in [-0.3, -0.25) is 4.90 Å². The van der Waals surface area contributed by atoms with Crippen LogP contribution in [-0.2, 0) is 6.54 Å². The molecule has 6 rings (SSSR count). The van der Waals surface area contributed by atoms with Gasteiger partial charge in [-0.1, -0.05) is 12.5 Å². The zero-order valence-corrected chi connectivity index (χ0v) is 20.7. The molecular formula is C27H31F2N7. The van der Waals surface area contributed by atoms with Crippen LogP contribution in [0, 0.1) is 24.0 Å². The lowest BCUT2D eigenvalue weighted by molar-refractivity contribution is -0.0645. The molecule has 4 aromatic rings. The smallest absolute Gasteiger partial charge is 0.229 e. The molecule has 0 radical (unpaired) electrons. The average molecular weight is 492 g/mol. The Balaban J connectivity index is 0.00000280. The summed E-state index contributed by atoms with van der Waals surface area (Å²) in [5, 5.41) is 3.04. The number of imidazole rings is 1. The minimum atomic E-state index is -0.631. The first-order valence-electron chi connectivity index (χ1n) is 12.5. The fourth-order valence-corrected chi connectivity index (χ4v) is 5.66. The molecule has 188 valence electrons. The molecule has 0 bridgehead atoms. The maximum atomic E-state index is 14.9. The predicted molar refractivity (Wildman–Crippen MR) is 137 cm³/mol. The van der Waals surface area contributed by atoms with Gasteiger partial charge in [0.15, 0.2) is 11.6 Å². The third kappa shape index (κ3) is 4.01. The molecule has 1 aliphatic carbocycles. The number of aromatic nitrogens is 5. The first-order valence-corrected chi connectivity index (χ1v) is 12.5. The average Bonchev–Trinajstić information content (AvgIpc) is 3.13. The SMILES string of the molecule is Cc1nc2c(F)cc(-c3nc(Nc4ccc(CN5CC6(CCC6)C5)cn4)ncc3F)cc2n1C(C)C.[HH]. The number of rotatable bonds is 6. The molecule has 0 amide bonds. The molecule has 4 heterocycles. The number of hydrogen-bond acceptors (Lipinski definition) is 6. The van der Waals surface area contributed by atoms with Gasteiger partial charge >= 0.3 is 0 Å². The van der Waals surface area contributed by atoms with Crippen LogP contribution in [0.3, 0.4) is 0 Å². The Bertz CT molecular complexity index is 1440. The van der Waals surface area contributed by atoms with Crippen LogP contribution in [0.2, 0.25) is 0 Å². The van der Waals surface area contributed by atoms with Crippen LogP contribution in [-0.4, -0.2) is 42.5 Å².